The zero-order chi connectivity index (χ0) is 13.4. The summed E-state index contributed by atoms with van der Waals surface area (Å²) in [4.78, 5) is 0. The van der Waals surface area contributed by atoms with Gasteiger partial charge in [0.25, 0.3) is 0 Å². The van der Waals surface area contributed by atoms with Crippen molar-refractivity contribution in [3.05, 3.63) is 29.8 Å². The number of rotatable bonds is 4. The molecule has 0 amide bonds. The lowest BCUT2D eigenvalue weighted by atomic mass is 10.1. The van der Waals surface area contributed by atoms with E-state index in [0.717, 1.165) is 11.3 Å². The molecule has 0 saturated carbocycles. The second-order valence-corrected chi connectivity index (χ2v) is 4.92. The van der Waals surface area contributed by atoms with Crippen LogP contribution in [0.15, 0.2) is 24.3 Å². The number of methoxy groups -OCH3 is 1. The standard InChI is InChI=1S/C14H18O5/c1-8-11(15)12-13(19-12)14(18-8)17-7-9-3-5-10(16-2)6-4-9/h3-6,8,11-15H,7H2,1-2H3/t8?,11-,12?,13?,14+/m1/s1. The van der Waals surface area contributed by atoms with E-state index in [1.807, 2.05) is 31.2 Å². The average Bonchev–Trinajstić information content (AvgIpc) is 3.23. The fourth-order valence-electron chi connectivity index (χ4n) is 2.30. The SMILES string of the molecule is COc1ccc(CO[C@H]2OC(C)[C@@H](O)C3OC32)cc1. The number of epoxide rings is 1. The highest BCUT2D eigenvalue weighted by Crippen LogP contribution is 2.38. The number of aliphatic hydroxyl groups is 1. The third-order valence-electron chi connectivity index (χ3n) is 3.57. The quantitative estimate of drug-likeness (QED) is 0.826. The predicted octanol–water partition coefficient (Wildman–Crippen LogP) is 1.08. The molecule has 1 aromatic rings. The number of ether oxygens (including phenoxy) is 4. The number of hydrogen-bond acceptors (Lipinski definition) is 5. The lowest BCUT2D eigenvalue weighted by Crippen LogP contribution is -2.44. The molecule has 1 aromatic carbocycles. The maximum atomic E-state index is 9.73. The maximum Gasteiger partial charge on any atom is 0.187 e. The molecule has 2 aliphatic rings. The van der Waals surface area contributed by atoms with Crippen LogP contribution < -0.4 is 4.74 Å². The summed E-state index contributed by atoms with van der Waals surface area (Å²) in [6, 6.07) is 7.68. The molecule has 2 aliphatic heterocycles. The summed E-state index contributed by atoms with van der Waals surface area (Å²) in [7, 11) is 1.64. The first-order valence-electron chi connectivity index (χ1n) is 6.42. The molecule has 2 saturated heterocycles. The minimum absolute atomic E-state index is 0.135. The zero-order valence-corrected chi connectivity index (χ0v) is 11.0. The van der Waals surface area contributed by atoms with E-state index in [0.29, 0.717) is 6.61 Å². The Morgan fingerprint density at radius 2 is 1.89 bits per heavy atom. The fourth-order valence-corrected chi connectivity index (χ4v) is 2.30. The molecule has 0 spiro atoms. The smallest absolute Gasteiger partial charge is 0.187 e. The van der Waals surface area contributed by atoms with Crippen molar-refractivity contribution in [2.75, 3.05) is 7.11 Å². The summed E-state index contributed by atoms with van der Waals surface area (Å²) in [6.45, 7) is 2.27. The fraction of sp³-hybridized carbons (Fsp3) is 0.571. The van der Waals surface area contributed by atoms with Crippen LogP contribution in [0.3, 0.4) is 0 Å². The van der Waals surface area contributed by atoms with Crippen LogP contribution in [0.2, 0.25) is 0 Å². The van der Waals surface area contributed by atoms with E-state index >= 15 is 0 Å². The minimum atomic E-state index is -0.550. The molecular formula is C14H18O5. The third-order valence-corrected chi connectivity index (χ3v) is 3.57. The van der Waals surface area contributed by atoms with Crippen molar-refractivity contribution in [1.29, 1.82) is 0 Å². The molecule has 0 bridgehead atoms. The molecule has 0 aliphatic carbocycles. The molecule has 1 N–H and O–H groups in total. The van der Waals surface area contributed by atoms with Crippen molar-refractivity contribution in [1.82, 2.24) is 0 Å². The molecule has 2 heterocycles. The lowest BCUT2D eigenvalue weighted by molar-refractivity contribution is -0.210. The van der Waals surface area contributed by atoms with Gasteiger partial charge in [0.1, 0.15) is 24.1 Å². The van der Waals surface area contributed by atoms with Crippen molar-refractivity contribution < 1.29 is 24.1 Å². The van der Waals surface area contributed by atoms with Crippen molar-refractivity contribution in [2.24, 2.45) is 0 Å². The van der Waals surface area contributed by atoms with Crippen LogP contribution in [0.4, 0.5) is 0 Å². The van der Waals surface area contributed by atoms with Gasteiger partial charge in [0.2, 0.25) is 0 Å². The second kappa shape index (κ2) is 5.09. The average molecular weight is 266 g/mol. The van der Waals surface area contributed by atoms with E-state index in [1.54, 1.807) is 7.11 Å². The summed E-state index contributed by atoms with van der Waals surface area (Å²) in [5.41, 5.74) is 1.04. The summed E-state index contributed by atoms with van der Waals surface area (Å²) < 4.78 is 21.8. The molecule has 104 valence electrons. The summed E-state index contributed by atoms with van der Waals surface area (Å²) in [6.07, 6.45) is -1.48. The predicted molar refractivity (Wildman–Crippen MR) is 66.8 cm³/mol. The van der Waals surface area contributed by atoms with Gasteiger partial charge in [0.05, 0.1) is 19.8 Å². The Kier molecular flexibility index (Phi) is 3.45. The third kappa shape index (κ3) is 2.60. The van der Waals surface area contributed by atoms with Crippen LogP contribution in [-0.4, -0.2) is 42.9 Å². The van der Waals surface area contributed by atoms with Crippen LogP contribution in [-0.2, 0) is 20.8 Å². The van der Waals surface area contributed by atoms with Crippen LogP contribution >= 0.6 is 0 Å². The van der Waals surface area contributed by atoms with Gasteiger partial charge in [-0.3, -0.25) is 0 Å². The Balaban J connectivity index is 1.55. The van der Waals surface area contributed by atoms with E-state index in [1.165, 1.54) is 0 Å². The number of aliphatic hydroxyl groups excluding tert-OH is 1. The van der Waals surface area contributed by atoms with Crippen LogP contribution in [0, 0.1) is 0 Å². The van der Waals surface area contributed by atoms with E-state index in [-0.39, 0.29) is 18.3 Å². The molecular weight excluding hydrogens is 248 g/mol. The largest absolute Gasteiger partial charge is 0.497 e. The normalized spacial score (nSPS) is 36.7. The van der Waals surface area contributed by atoms with Gasteiger partial charge in [-0.05, 0) is 24.6 Å². The van der Waals surface area contributed by atoms with Gasteiger partial charge >= 0.3 is 0 Å². The van der Waals surface area contributed by atoms with Gasteiger partial charge in [-0.2, -0.15) is 0 Å². The highest BCUT2D eigenvalue weighted by atomic mass is 16.7. The van der Waals surface area contributed by atoms with Crippen LogP contribution in [0.1, 0.15) is 12.5 Å². The van der Waals surface area contributed by atoms with E-state index in [9.17, 15) is 5.11 Å². The monoisotopic (exact) mass is 266 g/mol. The molecule has 5 heteroatoms. The van der Waals surface area contributed by atoms with Gasteiger partial charge in [0, 0.05) is 0 Å². The van der Waals surface area contributed by atoms with Crippen LogP contribution in [0.5, 0.6) is 5.75 Å². The maximum absolute atomic E-state index is 9.73. The topological polar surface area (TPSA) is 60.5 Å². The molecule has 3 rings (SSSR count). The number of benzene rings is 1. The molecule has 0 radical (unpaired) electrons. The number of hydrogen-bond donors (Lipinski definition) is 1. The molecule has 2 fully saturated rings. The Hall–Kier alpha value is -1.14. The first-order valence-corrected chi connectivity index (χ1v) is 6.42. The first kappa shape index (κ1) is 12.9. The first-order chi connectivity index (χ1) is 9.19. The van der Waals surface area contributed by atoms with Gasteiger partial charge in [-0.1, -0.05) is 12.1 Å². The molecule has 0 aromatic heterocycles. The summed E-state index contributed by atoms with van der Waals surface area (Å²) in [5, 5.41) is 9.73. The Morgan fingerprint density at radius 1 is 1.16 bits per heavy atom. The molecule has 5 atom stereocenters. The zero-order valence-electron chi connectivity index (χ0n) is 11.0. The Morgan fingerprint density at radius 3 is 2.58 bits per heavy atom. The van der Waals surface area contributed by atoms with Crippen molar-refractivity contribution in [2.45, 2.75) is 44.2 Å². The van der Waals surface area contributed by atoms with Gasteiger partial charge < -0.3 is 24.1 Å². The van der Waals surface area contributed by atoms with Crippen LogP contribution in [0.25, 0.3) is 0 Å². The molecule has 19 heavy (non-hydrogen) atoms. The molecule has 5 nitrogen and oxygen atoms in total. The molecule has 3 unspecified atom stereocenters. The van der Waals surface area contributed by atoms with Gasteiger partial charge in [0.15, 0.2) is 6.29 Å². The van der Waals surface area contributed by atoms with E-state index in [2.05, 4.69) is 0 Å². The highest BCUT2D eigenvalue weighted by Gasteiger charge is 2.56. The second-order valence-electron chi connectivity index (χ2n) is 4.92. The summed E-state index contributed by atoms with van der Waals surface area (Å²) in [5.74, 6) is 0.819. The van der Waals surface area contributed by atoms with Crippen molar-refractivity contribution in [3.8, 4) is 5.75 Å². The minimum Gasteiger partial charge on any atom is -0.497 e. The number of fused-ring (bicyclic) bond motifs is 1. The Bertz CT molecular complexity index is 430. The Labute approximate surface area is 112 Å². The summed E-state index contributed by atoms with van der Waals surface area (Å²) >= 11 is 0. The van der Waals surface area contributed by atoms with Gasteiger partial charge in [-0.15, -0.1) is 0 Å². The highest BCUT2D eigenvalue weighted by molar-refractivity contribution is 5.26. The van der Waals surface area contributed by atoms with Crippen molar-refractivity contribution in [3.63, 3.8) is 0 Å². The van der Waals surface area contributed by atoms with Crippen molar-refractivity contribution >= 4 is 0 Å². The van der Waals surface area contributed by atoms with Gasteiger partial charge in [-0.25, -0.2) is 0 Å². The van der Waals surface area contributed by atoms with E-state index < -0.39 is 12.4 Å². The lowest BCUT2D eigenvalue weighted by Gasteiger charge is -2.28. The van der Waals surface area contributed by atoms with E-state index in [4.69, 9.17) is 18.9 Å².